The molecule has 7 nitrogen and oxygen atoms in total. The fourth-order valence-corrected chi connectivity index (χ4v) is 4.38. The molecule has 0 radical (unpaired) electrons. The van der Waals surface area contributed by atoms with Crippen molar-refractivity contribution in [2.24, 2.45) is 5.92 Å². The minimum absolute atomic E-state index is 0.0625. The highest BCUT2D eigenvalue weighted by Crippen LogP contribution is 2.40. The molecule has 0 aromatic heterocycles. The molecular weight excluding hydrogens is 479 g/mol. The van der Waals surface area contributed by atoms with Crippen LogP contribution in [0.25, 0.3) is 0 Å². The van der Waals surface area contributed by atoms with Gasteiger partial charge >= 0.3 is 0 Å². The Morgan fingerprint density at radius 3 is 2.11 bits per heavy atom. The predicted octanol–water partition coefficient (Wildman–Crippen LogP) is 4.32. The average molecular weight is 513 g/mol. The molecule has 2 N–H and O–H groups in total. The first-order chi connectivity index (χ1) is 17.8. The molecular formula is C29H33FO7. The number of rotatable bonds is 11. The molecule has 3 aromatic rings. The van der Waals surface area contributed by atoms with E-state index in [1.807, 2.05) is 48.5 Å². The number of aliphatic hydroxyl groups excluding tert-OH is 1. The molecule has 3 aromatic carbocycles. The zero-order chi connectivity index (χ0) is 26.4. The van der Waals surface area contributed by atoms with Gasteiger partial charge in [0.05, 0.1) is 46.1 Å². The highest BCUT2D eigenvalue weighted by atomic mass is 19.1. The summed E-state index contributed by atoms with van der Waals surface area (Å²) in [5.74, 6) is -1.33. The minimum atomic E-state index is -1.71. The van der Waals surface area contributed by atoms with E-state index in [9.17, 15) is 14.6 Å². The van der Waals surface area contributed by atoms with E-state index in [-0.39, 0.29) is 32.2 Å². The molecule has 4 atom stereocenters. The van der Waals surface area contributed by atoms with Gasteiger partial charge in [-0.05, 0) is 59.5 Å². The van der Waals surface area contributed by atoms with Gasteiger partial charge in [0.1, 0.15) is 30.0 Å². The molecule has 1 aliphatic rings. The van der Waals surface area contributed by atoms with E-state index in [1.54, 1.807) is 27.2 Å². The van der Waals surface area contributed by atoms with Gasteiger partial charge in [-0.15, -0.1) is 0 Å². The van der Waals surface area contributed by atoms with Gasteiger partial charge in [-0.1, -0.05) is 36.4 Å². The Labute approximate surface area is 216 Å². The largest absolute Gasteiger partial charge is 0.497 e. The van der Waals surface area contributed by atoms with Crippen LogP contribution in [-0.2, 0) is 27.4 Å². The number of hydrogen-bond acceptors (Lipinski definition) is 7. The molecule has 4 rings (SSSR count). The van der Waals surface area contributed by atoms with E-state index in [0.717, 1.165) is 16.9 Å². The van der Waals surface area contributed by atoms with Crippen molar-refractivity contribution in [2.45, 2.75) is 38.1 Å². The Hall–Kier alpha value is -3.01. The Morgan fingerprint density at radius 2 is 1.54 bits per heavy atom. The maximum absolute atomic E-state index is 13.8. The summed E-state index contributed by atoms with van der Waals surface area (Å²) in [5, 5.41) is 22.7. The van der Waals surface area contributed by atoms with Crippen LogP contribution in [0.5, 0.6) is 11.5 Å². The van der Waals surface area contributed by atoms with Crippen LogP contribution in [0.3, 0.4) is 0 Å². The molecule has 0 amide bonds. The SMILES string of the molecule is COc1ccc(COC[C@H]2[C@@H](C(O)c3ccc(F)c(C)c3)OC[C@@]2(O)OCc2ccc(OC)cc2)cc1. The molecule has 1 fully saturated rings. The van der Waals surface area contributed by atoms with Crippen LogP contribution in [-0.4, -0.2) is 49.5 Å². The van der Waals surface area contributed by atoms with E-state index in [4.69, 9.17) is 23.7 Å². The van der Waals surface area contributed by atoms with Gasteiger partial charge < -0.3 is 33.9 Å². The van der Waals surface area contributed by atoms with Gasteiger partial charge in [0.2, 0.25) is 0 Å². The third kappa shape index (κ3) is 6.47. The lowest BCUT2D eigenvalue weighted by Gasteiger charge is -2.32. The lowest BCUT2D eigenvalue weighted by Crippen LogP contribution is -2.45. The van der Waals surface area contributed by atoms with Crippen molar-refractivity contribution < 1.29 is 38.3 Å². The fraction of sp³-hybridized carbons (Fsp3) is 0.379. The normalized spacial score (nSPS) is 22.1. The first-order valence-electron chi connectivity index (χ1n) is 12.1. The summed E-state index contributed by atoms with van der Waals surface area (Å²) in [5.41, 5.74) is 2.66. The van der Waals surface area contributed by atoms with Gasteiger partial charge in [0.15, 0.2) is 5.79 Å². The molecule has 1 saturated heterocycles. The summed E-state index contributed by atoms with van der Waals surface area (Å²) in [6.45, 7) is 1.95. The van der Waals surface area contributed by atoms with Crippen LogP contribution in [0.1, 0.15) is 28.4 Å². The quantitative estimate of drug-likeness (QED) is 0.370. The van der Waals surface area contributed by atoms with Crippen molar-refractivity contribution in [1.82, 2.24) is 0 Å². The van der Waals surface area contributed by atoms with Gasteiger partial charge in [-0.2, -0.15) is 0 Å². The standard InChI is InChI=1S/C29H33FO7/c1-19-14-22(8-13-26(19)30)27(31)28-25(17-35-15-20-4-9-23(33-2)10-5-20)29(32,18-36-28)37-16-21-6-11-24(34-3)12-7-21/h4-14,25,27-28,31-32H,15-18H2,1-3H3/t25-,27?,28-,29+/m0/s1. The summed E-state index contributed by atoms with van der Waals surface area (Å²) in [6.07, 6.45) is -1.95. The third-order valence-electron chi connectivity index (χ3n) is 6.67. The average Bonchev–Trinajstić information content (AvgIpc) is 3.25. The molecule has 1 aliphatic heterocycles. The zero-order valence-corrected chi connectivity index (χ0v) is 21.2. The summed E-state index contributed by atoms with van der Waals surface area (Å²) >= 11 is 0. The maximum Gasteiger partial charge on any atom is 0.197 e. The molecule has 1 unspecified atom stereocenters. The van der Waals surface area contributed by atoms with E-state index < -0.39 is 23.9 Å². The van der Waals surface area contributed by atoms with E-state index in [1.165, 1.54) is 12.1 Å². The molecule has 0 bridgehead atoms. The van der Waals surface area contributed by atoms with Gasteiger partial charge in [-0.3, -0.25) is 0 Å². The number of benzene rings is 3. The molecule has 1 heterocycles. The summed E-state index contributed by atoms with van der Waals surface area (Å²) in [7, 11) is 3.20. The molecule has 37 heavy (non-hydrogen) atoms. The number of hydrogen-bond donors (Lipinski definition) is 2. The minimum Gasteiger partial charge on any atom is -0.497 e. The van der Waals surface area contributed by atoms with Gasteiger partial charge in [0, 0.05) is 0 Å². The van der Waals surface area contributed by atoms with Crippen molar-refractivity contribution in [1.29, 1.82) is 0 Å². The van der Waals surface area contributed by atoms with Crippen LogP contribution in [0.4, 0.5) is 4.39 Å². The van der Waals surface area contributed by atoms with E-state index in [2.05, 4.69) is 0 Å². The van der Waals surface area contributed by atoms with Gasteiger partial charge in [-0.25, -0.2) is 4.39 Å². The third-order valence-corrected chi connectivity index (χ3v) is 6.67. The fourth-order valence-electron chi connectivity index (χ4n) is 4.38. The lowest BCUT2D eigenvalue weighted by atomic mass is 9.89. The van der Waals surface area contributed by atoms with E-state index in [0.29, 0.717) is 16.9 Å². The molecule has 0 saturated carbocycles. The number of halogens is 1. The Balaban J connectivity index is 1.50. The van der Waals surface area contributed by atoms with Crippen molar-refractivity contribution in [3.8, 4) is 11.5 Å². The lowest BCUT2D eigenvalue weighted by molar-refractivity contribution is -0.238. The summed E-state index contributed by atoms with van der Waals surface area (Å²) in [4.78, 5) is 0. The highest BCUT2D eigenvalue weighted by molar-refractivity contribution is 5.28. The Kier molecular flexibility index (Phi) is 8.79. The summed E-state index contributed by atoms with van der Waals surface area (Å²) in [6, 6.07) is 19.2. The van der Waals surface area contributed by atoms with Crippen molar-refractivity contribution in [3.05, 3.63) is 94.8 Å². The zero-order valence-electron chi connectivity index (χ0n) is 21.2. The second-order valence-corrected chi connectivity index (χ2v) is 9.18. The first kappa shape index (κ1) is 27.0. The van der Waals surface area contributed by atoms with Crippen LogP contribution in [0.15, 0.2) is 66.7 Å². The topological polar surface area (TPSA) is 86.6 Å². The van der Waals surface area contributed by atoms with Crippen LogP contribution < -0.4 is 9.47 Å². The summed E-state index contributed by atoms with van der Waals surface area (Å²) < 4.78 is 42.0. The second kappa shape index (κ2) is 12.0. The highest BCUT2D eigenvalue weighted by Gasteiger charge is 2.52. The number of aryl methyl sites for hydroxylation is 1. The van der Waals surface area contributed by atoms with Crippen molar-refractivity contribution in [2.75, 3.05) is 27.4 Å². The van der Waals surface area contributed by atoms with Crippen LogP contribution in [0.2, 0.25) is 0 Å². The number of ether oxygens (including phenoxy) is 5. The first-order valence-corrected chi connectivity index (χ1v) is 12.1. The Bertz CT molecular complexity index is 1150. The maximum atomic E-state index is 13.8. The van der Waals surface area contributed by atoms with Gasteiger partial charge in [0.25, 0.3) is 0 Å². The molecule has 0 spiro atoms. The predicted molar refractivity (Wildman–Crippen MR) is 135 cm³/mol. The molecule has 8 heteroatoms. The monoisotopic (exact) mass is 512 g/mol. The van der Waals surface area contributed by atoms with E-state index >= 15 is 0 Å². The number of methoxy groups -OCH3 is 2. The number of aliphatic hydroxyl groups is 2. The molecule has 0 aliphatic carbocycles. The second-order valence-electron chi connectivity index (χ2n) is 9.18. The Morgan fingerprint density at radius 1 is 0.946 bits per heavy atom. The van der Waals surface area contributed by atoms with Crippen LogP contribution in [0, 0.1) is 18.7 Å². The molecule has 198 valence electrons. The smallest absolute Gasteiger partial charge is 0.197 e. The van der Waals surface area contributed by atoms with Crippen LogP contribution >= 0.6 is 0 Å². The van der Waals surface area contributed by atoms with Crippen molar-refractivity contribution in [3.63, 3.8) is 0 Å². The van der Waals surface area contributed by atoms with Crippen molar-refractivity contribution >= 4 is 0 Å².